The molecule has 2 aromatic carbocycles. The second kappa shape index (κ2) is 7.17. The fourth-order valence-corrected chi connectivity index (χ4v) is 2.40. The molecule has 6 heteroatoms. The Kier molecular flexibility index (Phi) is 4.79. The van der Waals surface area contributed by atoms with Gasteiger partial charge in [-0.05, 0) is 38.1 Å². The molecule has 0 aliphatic carbocycles. The smallest absolute Gasteiger partial charge is 0.251 e. The number of benzene rings is 2. The van der Waals surface area contributed by atoms with Gasteiger partial charge in [-0.15, -0.1) is 0 Å². The summed E-state index contributed by atoms with van der Waals surface area (Å²) in [6, 6.07) is 14.4. The van der Waals surface area contributed by atoms with Crippen molar-refractivity contribution in [3.63, 3.8) is 0 Å². The summed E-state index contributed by atoms with van der Waals surface area (Å²) in [5.41, 5.74) is 2.42. The van der Waals surface area contributed by atoms with E-state index < -0.39 is 6.04 Å². The minimum absolute atomic E-state index is 0.190. The van der Waals surface area contributed by atoms with E-state index >= 15 is 0 Å². The zero-order valence-electron chi connectivity index (χ0n) is 14.3. The molecule has 1 amide bonds. The Bertz CT molecular complexity index is 872. The lowest BCUT2D eigenvalue weighted by atomic mass is 10.1. The average Bonchev–Trinajstić information content (AvgIpc) is 3.12. The van der Waals surface area contributed by atoms with Crippen LogP contribution in [0.1, 0.15) is 34.8 Å². The van der Waals surface area contributed by atoms with Gasteiger partial charge < -0.3 is 14.6 Å². The maximum absolute atomic E-state index is 12.3. The number of hydrogen-bond acceptors (Lipinski definition) is 5. The number of amides is 1. The Hall–Kier alpha value is -3.15. The highest BCUT2D eigenvalue weighted by molar-refractivity contribution is 5.94. The van der Waals surface area contributed by atoms with Crippen LogP contribution in [0.25, 0.3) is 11.4 Å². The van der Waals surface area contributed by atoms with E-state index in [1.807, 2.05) is 43.3 Å². The standard InChI is InChI=1S/C19H19N3O3/c1-12-8-10-14(11-9-12)18(23)20-13(2)19-21-17(22-25-19)15-6-4-5-7-16(15)24-3/h4-11,13H,1-3H3,(H,20,23)/t13-/m1/s1. The van der Waals surface area contributed by atoms with Gasteiger partial charge in [0.2, 0.25) is 11.7 Å². The molecular formula is C19H19N3O3. The Labute approximate surface area is 145 Å². The van der Waals surface area contributed by atoms with Crippen molar-refractivity contribution in [3.05, 3.63) is 65.5 Å². The third kappa shape index (κ3) is 3.68. The van der Waals surface area contributed by atoms with E-state index in [-0.39, 0.29) is 5.91 Å². The van der Waals surface area contributed by atoms with Crippen molar-refractivity contribution in [2.45, 2.75) is 19.9 Å². The van der Waals surface area contributed by atoms with E-state index in [1.54, 1.807) is 26.2 Å². The predicted molar refractivity (Wildman–Crippen MR) is 93.3 cm³/mol. The predicted octanol–water partition coefficient (Wildman–Crippen LogP) is 3.54. The number of aromatic nitrogens is 2. The molecule has 128 valence electrons. The monoisotopic (exact) mass is 337 g/mol. The Morgan fingerprint density at radius 1 is 1.16 bits per heavy atom. The van der Waals surface area contributed by atoms with E-state index in [4.69, 9.17) is 9.26 Å². The number of nitrogens with one attached hydrogen (secondary N) is 1. The molecule has 0 radical (unpaired) electrons. The quantitative estimate of drug-likeness (QED) is 0.770. The van der Waals surface area contributed by atoms with Crippen molar-refractivity contribution in [1.82, 2.24) is 15.5 Å². The van der Waals surface area contributed by atoms with Crippen molar-refractivity contribution in [2.75, 3.05) is 7.11 Å². The van der Waals surface area contributed by atoms with Crippen LogP contribution in [0.15, 0.2) is 53.1 Å². The van der Waals surface area contributed by atoms with Crippen molar-refractivity contribution in [3.8, 4) is 17.1 Å². The highest BCUT2D eigenvalue weighted by Gasteiger charge is 2.19. The topological polar surface area (TPSA) is 77.3 Å². The van der Waals surface area contributed by atoms with Crippen molar-refractivity contribution < 1.29 is 14.1 Å². The van der Waals surface area contributed by atoms with E-state index in [1.165, 1.54) is 0 Å². The van der Waals surface area contributed by atoms with Crippen LogP contribution >= 0.6 is 0 Å². The first-order valence-corrected chi connectivity index (χ1v) is 7.93. The fraction of sp³-hybridized carbons (Fsp3) is 0.211. The Balaban J connectivity index is 1.75. The molecule has 0 saturated carbocycles. The summed E-state index contributed by atoms with van der Waals surface area (Å²) in [7, 11) is 1.59. The van der Waals surface area contributed by atoms with Crippen LogP contribution in [-0.2, 0) is 0 Å². The van der Waals surface area contributed by atoms with Gasteiger partial charge in [-0.3, -0.25) is 4.79 Å². The van der Waals surface area contributed by atoms with Gasteiger partial charge in [-0.25, -0.2) is 0 Å². The molecule has 0 aliphatic heterocycles. The van der Waals surface area contributed by atoms with Crippen molar-refractivity contribution in [2.24, 2.45) is 0 Å². The molecule has 0 saturated heterocycles. The summed E-state index contributed by atoms with van der Waals surface area (Å²) >= 11 is 0. The lowest BCUT2D eigenvalue weighted by Gasteiger charge is -2.09. The Morgan fingerprint density at radius 3 is 2.60 bits per heavy atom. The highest BCUT2D eigenvalue weighted by atomic mass is 16.5. The third-order valence-corrected chi connectivity index (χ3v) is 3.82. The zero-order valence-corrected chi connectivity index (χ0v) is 14.3. The number of methoxy groups -OCH3 is 1. The summed E-state index contributed by atoms with van der Waals surface area (Å²) < 4.78 is 10.6. The number of rotatable bonds is 5. The molecule has 1 atom stereocenters. The summed E-state index contributed by atoms with van der Waals surface area (Å²) in [5.74, 6) is 1.22. The van der Waals surface area contributed by atoms with Crippen LogP contribution in [0.3, 0.4) is 0 Å². The Morgan fingerprint density at radius 2 is 1.88 bits per heavy atom. The van der Waals surface area contributed by atoms with E-state index in [9.17, 15) is 4.79 Å². The molecule has 1 N–H and O–H groups in total. The van der Waals surface area contributed by atoms with E-state index in [0.29, 0.717) is 23.0 Å². The second-order valence-electron chi connectivity index (χ2n) is 5.72. The van der Waals surface area contributed by atoms with Crippen LogP contribution in [0.4, 0.5) is 0 Å². The maximum atomic E-state index is 12.3. The van der Waals surface area contributed by atoms with Crippen LogP contribution in [-0.4, -0.2) is 23.2 Å². The summed E-state index contributed by atoms with van der Waals surface area (Å²) in [6.07, 6.45) is 0. The average molecular weight is 337 g/mol. The first-order chi connectivity index (χ1) is 12.1. The largest absolute Gasteiger partial charge is 0.496 e. The van der Waals surface area contributed by atoms with E-state index in [0.717, 1.165) is 11.1 Å². The van der Waals surface area contributed by atoms with Gasteiger partial charge in [-0.2, -0.15) is 4.98 Å². The van der Waals surface area contributed by atoms with Gasteiger partial charge in [-0.1, -0.05) is 35.0 Å². The molecule has 0 bridgehead atoms. The van der Waals surface area contributed by atoms with Crippen LogP contribution < -0.4 is 10.1 Å². The molecule has 1 aromatic heterocycles. The minimum atomic E-state index is -0.412. The van der Waals surface area contributed by atoms with Gasteiger partial charge >= 0.3 is 0 Å². The van der Waals surface area contributed by atoms with Crippen molar-refractivity contribution in [1.29, 1.82) is 0 Å². The first kappa shape index (κ1) is 16.7. The van der Waals surface area contributed by atoms with Crippen LogP contribution in [0, 0.1) is 6.92 Å². The number of aryl methyl sites for hydroxylation is 1. The van der Waals surface area contributed by atoms with Gasteiger partial charge in [0.1, 0.15) is 11.8 Å². The number of carbonyl (C=O) groups excluding carboxylic acids is 1. The highest BCUT2D eigenvalue weighted by Crippen LogP contribution is 2.28. The molecule has 3 rings (SSSR count). The third-order valence-electron chi connectivity index (χ3n) is 3.82. The molecule has 25 heavy (non-hydrogen) atoms. The molecule has 1 heterocycles. The molecule has 3 aromatic rings. The zero-order chi connectivity index (χ0) is 17.8. The summed E-state index contributed by atoms with van der Waals surface area (Å²) in [6.45, 7) is 3.77. The van der Waals surface area contributed by atoms with Gasteiger partial charge in [0.25, 0.3) is 5.91 Å². The van der Waals surface area contributed by atoms with E-state index in [2.05, 4.69) is 15.5 Å². The number of carbonyl (C=O) groups is 1. The molecule has 0 spiro atoms. The van der Waals surface area contributed by atoms with Gasteiger partial charge in [0, 0.05) is 5.56 Å². The number of nitrogens with zero attached hydrogens (tertiary/aromatic N) is 2. The van der Waals surface area contributed by atoms with Crippen LogP contribution in [0.2, 0.25) is 0 Å². The molecule has 0 aliphatic rings. The SMILES string of the molecule is COc1ccccc1-c1noc([C@@H](C)NC(=O)c2ccc(C)cc2)n1. The molecule has 0 fully saturated rings. The van der Waals surface area contributed by atoms with Gasteiger partial charge in [0.15, 0.2) is 0 Å². The van der Waals surface area contributed by atoms with Gasteiger partial charge in [0.05, 0.1) is 12.7 Å². The molecule has 0 unspecified atom stereocenters. The number of para-hydroxylation sites is 1. The lowest BCUT2D eigenvalue weighted by molar-refractivity contribution is 0.0932. The van der Waals surface area contributed by atoms with Crippen molar-refractivity contribution >= 4 is 5.91 Å². The minimum Gasteiger partial charge on any atom is -0.496 e. The second-order valence-corrected chi connectivity index (χ2v) is 5.72. The molecular weight excluding hydrogens is 318 g/mol. The lowest BCUT2D eigenvalue weighted by Crippen LogP contribution is -2.26. The maximum Gasteiger partial charge on any atom is 0.251 e. The number of hydrogen-bond donors (Lipinski definition) is 1. The number of ether oxygens (including phenoxy) is 1. The van der Waals surface area contributed by atoms with Crippen LogP contribution in [0.5, 0.6) is 5.75 Å². The molecule has 6 nitrogen and oxygen atoms in total. The first-order valence-electron chi connectivity index (χ1n) is 7.93. The summed E-state index contributed by atoms with van der Waals surface area (Å²) in [5, 5.41) is 6.85. The summed E-state index contributed by atoms with van der Waals surface area (Å²) in [4.78, 5) is 16.7. The fourth-order valence-electron chi connectivity index (χ4n) is 2.40. The normalized spacial score (nSPS) is 11.8.